The number of nitrogens with one attached hydrogen (secondary N) is 1. The minimum absolute atomic E-state index is 0.0879. The molecular weight excluding hydrogens is 296 g/mol. The minimum Gasteiger partial charge on any atom is -0.494 e. The molecule has 18 heavy (non-hydrogen) atoms. The third-order valence-corrected chi connectivity index (χ3v) is 3.85. The molecule has 5 heteroatoms. The van der Waals surface area contributed by atoms with Gasteiger partial charge in [-0.05, 0) is 30.7 Å². The summed E-state index contributed by atoms with van der Waals surface area (Å²) in [7, 11) is 1.54. The fraction of sp³-hybridized carbons (Fsp3) is 0.538. The van der Waals surface area contributed by atoms with Crippen molar-refractivity contribution in [1.29, 1.82) is 0 Å². The number of alkyl halides is 1. The molecule has 1 aromatic heterocycles. The van der Waals surface area contributed by atoms with Crippen LogP contribution >= 0.6 is 15.9 Å². The lowest BCUT2D eigenvalue weighted by atomic mass is 10.0. The third-order valence-electron chi connectivity index (χ3n) is 3.45. The molecule has 1 aliphatic carbocycles. The van der Waals surface area contributed by atoms with E-state index in [1.807, 2.05) is 0 Å². The Morgan fingerprint density at radius 1 is 1.61 bits per heavy atom. The van der Waals surface area contributed by atoms with Crippen molar-refractivity contribution < 1.29 is 9.53 Å². The van der Waals surface area contributed by atoms with E-state index in [0.29, 0.717) is 16.7 Å². The van der Waals surface area contributed by atoms with Gasteiger partial charge in [0.15, 0.2) is 0 Å². The lowest BCUT2D eigenvalue weighted by molar-refractivity contribution is 0.0941. The molecule has 0 bridgehead atoms. The maximum atomic E-state index is 12.1. The summed E-state index contributed by atoms with van der Waals surface area (Å²) in [5.41, 5.74) is 0.863. The van der Waals surface area contributed by atoms with Crippen molar-refractivity contribution in [3.05, 3.63) is 24.0 Å². The van der Waals surface area contributed by atoms with Gasteiger partial charge in [-0.15, -0.1) is 0 Å². The Bertz CT molecular complexity index is 433. The van der Waals surface area contributed by atoms with Crippen molar-refractivity contribution in [2.24, 2.45) is 5.41 Å². The fourth-order valence-corrected chi connectivity index (χ4v) is 2.83. The average molecular weight is 313 g/mol. The third kappa shape index (κ3) is 3.02. The zero-order valence-electron chi connectivity index (χ0n) is 10.4. The SMILES string of the molecule is COc1cnccc1C(=O)NCC1(CCBr)CC1. The number of amides is 1. The molecule has 1 saturated carbocycles. The van der Waals surface area contributed by atoms with Crippen LogP contribution in [-0.4, -0.2) is 29.9 Å². The highest BCUT2D eigenvalue weighted by molar-refractivity contribution is 9.09. The molecule has 0 atom stereocenters. The van der Waals surface area contributed by atoms with Gasteiger partial charge in [0.25, 0.3) is 5.91 Å². The lowest BCUT2D eigenvalue weighted by Gasteiger charge is -2.15. The first-order chi connectivity index (χ1) is 8.71. The lowest BCUT2D eigenvalue weighted by Crippen LogP contribution is -2.30. The molecule has 98 valence electrons. The highest BCUT2D eigenvalue weighted by Gasteiger charge is 2.41. The Morgan fingerprint density at radius 2 is 2.39 bits per heavy atom. The van der Waals surface area contributed by atoms with Crippen molar-refractivity contribution >= 4 is 21.8 Å². The van der Waals surface area contributed by atoms with E-state index in [9.17, 15) is 4.79 Å². The molecule has 0 unspecified atom stereocenters. The number of aromatic nitrogens is 1. The van der Waals surface area contributed by atoms with Crippen LogP contribution in [0.2, 0.25) is 0 Å². The molecule has 1 amide bonds. The normalized spacial score (nSPS) is 16.1. The Kier molecular flexibility index (Phi) is 4.22. The van der Waals surface area contributed by atoms with Crippen molar-refractivity contribution in [2.75, 3.05) is 19.0 Å². The molecule has 1 heterocycles. The number of carbonyl (C=O) groups is 1. The summed E-state index contributed by atoms with van der Waals surface area (Å²) in [5, 5.41) is 3.98. The van der Waals surface area contributed by atoms with Gasteiger partial charge in [-0.1, -0.05) is 15.9 Å². The number of hydrogen-bond acceptors (Lipinski definition) is 3. The van der Waals surface area contributed by atoms with Gasteiger partial charge in [0.05, 0.1) is 18.9 Å². The van der Waals surface area contributed by atoms with Crippen molar-refractivity contribution in [2.45, 2.75) is 19.3 Å². The number of pyridine rings is 1. The Hall–Kier alpha value is -1.10. The summed E-state index contributed by atoms with van der Waals surface area (Å²) < 4.78 is 5.13. The summed E-state index contributed by atoms with van der Waals surface area (Å²) in [6.07, 6.45) is 6.67. The zero-order chi connectivity index (χ0) is 13.0. The van der Waals surface area contributed by atoms with Gasteiger partial charge in [0, 0.05) is 18.1 Å². The Labute approximate surface area is 115 Å². The molecule has 0 radical (unpaired) electrons. The second kappa shape index (κ2) is 5.69. The monoisotopic (exact) mass is 312 g/mol. The van der Waals surface area contributed by atoms with Gasteiger partial charge in [-0.3, -0.25) is 9.78 Å². The maximum Gasteiger partial charge on any atom is 0.255 e. The molecule has 0 spiro atoms. The van der Waals surface area contributed by atoms with E-state index in [0.717, 1.165) is 18.3 Å². The number of rotatable bonds is 6. The van der Waals surface area contributed by atoms with Gasteiger partial charge in [0.1, 0.15) is 5.75 Å². The van der Waals surface area contributed by atoms with E-state index in [1.54, 1.807) is 25.6 Å². The highest BCUT2D eigenvalue weighted by Crippen LogP contribution is 2.48. The summed E-state index contributed by atoms with van der Waals surface area (Å²) in [6, 6.07) is 1.68. The van der Waals surface area contributed by atoms with Crippen LogP contribution in [0, 0.1) is 5.41 Å². The first kappa shape index (κ1) is 13.3. The second-order valence-corrected chi connectivity index (χ2v) is 5.49. The number of nitrogens with zero attached hydrogens (tertiary/aromatic N) is 1. The summed E-state index contributed by atoms with van der Waals surface area (Å²) in [5.74, 6) is 0.426. The Balaban J connectivity index is 1.96. The first-order valence-corrected chi connectivity index (χ1v) is 7.15. The summed E-state index contributed by atoms with van der Waals surface area (Å²) in [6.45, 7) is 0.739. The van der Waals surface area contributed by atoms with E-state index in [2.05, 4.69) is 26.2 Å². The molecule has 1 fully saturated rings. The molecule has 1 aromatic rings. The molecule has 4 nitrogen and oxygen atoms in total. The van der Waals surface area contributed by atoms with Gasteiger partial charge in [-0.25, -0.2) is 0 Å². The molecule has 0 aromatic carbocycles. The number of ether oxygens (including phenoxy) is 1. The molecule has 1 N–H and O–H groups in total. The smallest absolute Gasteiger partial charge is 0.255 e. The van der Waals surface area contributed by atoms with E-state index in [4.69, 9.17) is 4.74 Å². The highest BCUT2D eigenvalue weighted by atomic mass is 79.9. The van der Waals surface area contributed by atoms with Crippen LogP contribution in [0.25, 0.3) is 0 Å². The summed E-state index contributed by atoms with van der Waals surface area (Å²) >= 11 is 3.46. The molecule has 1 aliphatic rings. The average Bonchev–Trinajstić information content (AvgIpc) is 3.16. The van der Waals surface area contributed by atoms with Crippen molar-refractivity contribution in [1.82, 2.24) is 10.3 Å². The second-order valence-electron chi connectivity index (χ2n) is 4.70. The summed E-state index contributed by atoms with van der Waals surface area (Å²) in [4.78, 5) is 16.0. The van der Waals surface area contributed by atoms with E-state index < -0.39 is 0 Å². The van der Waals surface area contributed by atoms with E-state index in [1.165, 1.54) is 12.8 Å². The first-order valence-electron chi connectivity index (χ1n) is 6.03. The molecule has 2 rings (SSSR count). The van der Waals surface area contributed by atoms with E-state index >= 15 is 0 Å². The van der Waals surface area contributed by atoms with Gasteiger partial charge < -0.3 is 10.1 Å². The van der Waals surface area contributed by atoms with Crippen LogP contribution in [0.15, 0.2) is 18.5 Å². The standard InChI is InChI=1S/C13H17BrN2O2/c1-18-11-8-15-7-2-10(11)12(17)16-9-13(3-4-13)5-6-14/h2,7-8H,3-6,9H2,1H3,(H,16,17). The minimum atomic E-state index is -0.0879. The predicted octanol–water partition coefficient (Wildman–Crippen LogP) is 2.39. The largest absolute Gasteiger partial charge is 0.494 e. The van der Waals surface area contributed by atoms with Crippen LogP contribution in [-0.2, 0) is 0 Å². The topological polar surface area (TPSA) is 51.2 Å². The van der Waals surface area contributed by atoms with Gasteiger partial charge in [0.2, 0.25) is 0 Å². The van der Waals surface area contributed by atoms with Crippen molar-refractivity contribution in [3.8, 4) is 5.75 Å². The molecule has 0 aliphatic heterocycles. The van der Waals surface area contributed by atoms with Crippen LogP contribution in [0.3, 0.4) is 0 Å². The van der Waals surface area contributed by atoms with E-state index in [-0.39, 0.29) is 5.91 Å². The number of hydrogen-bond donors (Lipinski definition) is 1. The van der Waals surface area contributed by atoms with Crippen LogP contribution in [0.1, 0.15) is 29.6 Å². The number of carbonyl (C=O) groups excluding carboxylic acids is 1. The Morgan fingerprint density at radius 3 is 3.00 bits per heavy atom. The van der Waals surface area contributed by atoms with Gasteiger partial charge >= 0.3 is 0 Å². The van der Waals surface area contributed by atoms with Crippen LogP contribution in [0.5, 0.6) is 5.75 Å². The molecular formula is C13H17BrN2O2. The zero-order valence-corrected chi connectivity index (χ0v) is 12.0. The van der Waals surface area contributed by atoms with Crippen LogP contribution < -0.4 is 10.1 Å². The number of halogens is 1. The van der Waals surface area contributed by atoms with Crippen LogP contribution in [0.4, 0.5) is 0 Å². The molecule has 0 saturated heterocycles. The fourth-order valence-electron chi connectivity index (χ4n) is 1.99. The maximum absolute atomic E-state index is 12.1. The quantitative estimate of drug-likeness (QED) is 0.821. The van der Waals surface area contributed by atoms with Crippen molar-refractivity contribution in [3.63, 3.8) is 0 Å². The van der Waals surface area contributed by atoms with Gasteiger partial charge in [-0.2, -0.15) is 0 Å². The number of methoxy groups -OCH3 is 1. The predicted molar refractivity (Wildman–Crippen MR) is 73.2 cm³/mol.